The van der Waals surface area contributed by atoms with E-state index in [1.54, 1.807) is 0 Å². The molecule has 0 radical (unpaired) electrons. The van der Waals surface area contributed by atoms with Crippen molar-refractivity contribution in [2.45, 2.75) is 65.7 Å². The lowest BCUT2D eigenvalue weighted by Crippen LogP contribution is -2.43. The molecule has 0 aromatic heterocycles. The highest BCUT2D eigenvalue weighted by Crippen LogP contribution is 2.50. The molecule has 140 valence electrons. The fourth-order valence-electron chi connectivity index (χ4n) is 4.46. The summed E-state index contributed by atoms with van der Waals surface area (Å²) < 4.78 is 0. The number of halogens is 2. The molecule has 0 bridgehead atoms. The molecular weight excluding hydrogens is 327 g/mol. The SMILES string of the molecule is CN(C)CCCN1CCC2(CCC(C(C)(C)C)CC2)CC1.Cl.Cl. The lowest BCUT2D eigenvalue weighted by atomic mass is 9.61. The summed E-state index contributed by atoms with van der Waals surface area (Å²) in [4.78, 5) is 5.02. The first kappa shape index (κ1) is 23.5. The van der Waals surface area contributed by atoms with Crippen LogP contribution in [0, 0.1) is 16.7 Å². The Hall–Kier alpha value is 0.500. The third-order valence-corrected chi connectivity index (χ3v) is 6.27. The molecule has 1 saturated carbocycles. The second-order valence-electron chi connectivity index (χ2n) is 9.14. The van der Waals surface area contributed by atoms with Crippen LogP contribution in [0.2, 0.25) is 0 Å². The predicted octanol–water partition coefficient (Wildman–Crippen LogP) is 5.10. The van der Waals surface area contributed by atoms with Crippen LogP contribution in [-0.2, 0) is 0 Å². The van der Waals surface area contributed by atoms with Crippen molar-refractivity contribution >= 4 is 24.8 Å². The smallest absolute Gasteiger partial charge is 0.000654 e. The van der Waals surface area contributed by atoms with Gasteiger partial charge in [0.25, 0.3) is 0 Å². The molecular formula is C19H40Cl2N2. The second kappa shape index (κ2) is 9.85. The van der Waals surface area contributed by atoms with E-state index >= 15 is 0 Å². The Kier molecular flexibility index (Phi) is 10.1. The average molecular weight is 367 g/mol. The van der Waals surface area contributed by atoms with Gasteiger partial charge in [-0.2, -0.15) is 0 Å². The van der Waals surface area contributed by atoms with Crippen LogP contribution in [0.1, 0.15) is 65.7 Å². The predicted molar refractivity (Wildman–Crippen MR) is 107 cm³/mol. The highest BCUT2D eigenvalue weighted by molar-refractivity contribution is 5.85. The minimum absolute atomic E-state index is 0. The molecule has 2 fully saturated rings. The fraction of sp³-hybridized carbons (Fsp3) is 1.00. The van der Waals surface area contributed by atoms with Crippen LogP contribution in [-0.4, -0.2) is 50.1 Å². The molecule has 23 heavy (non-hydrogen) atoms. The van der Waals surface area contributed by atoms with E-state index in [0.717, 1.165) is 11.3 Å². The zero-order chi connectivity index (χ0) is 15.5. The lowest BCUT2D eigenvalue weighted by molar-refractivity contribution is 0.0280. The van der Waals surface area contributed by atoms with E-state index < -0.39 is 0 Å². The molecule has 2 rings (SSSR count). The van der Waals surface area contributed by atoms with Gasteiger partial charge < -0.3 is 9.80 Å². The number of rotatable bonds is 4. The van der Waals surface area contributed by atoms with Crippen molar-refractivity contribution in [2.75, 3.05) is 40.3 Å². The molecule has 2 nitrogen and oxygen atoms in total. The molecule has 1 heterocycles. The van der Waals surface area contributed by atoms with Gasteiger partial charge in [0.05, 0.1) is 0 Å². The van der Waals surface area contributed by atoms with Gasteiger partial charge in [-0.1, -0.05) is 20.8 Å². The average Bonchev–Trinajstić information content (AvgIpc) is 2.40. The summed E-state index contributed by atoms with van der Waals surface area (Å²) in [6.07, 6.45) is 10.2. The molecule has 1 aliphatic carbocycles. The van der Waals surface area contributed by atoms with Crippen molar-refractivity contribution in [3.8, 4) is 0 Å². The number of hydrogen-bond acceptors (Lipinski definition) is 2. The molecule has 0 amide bonds. The molecule has 0 aromatic carbocycles. The first-order valence-corrected chi connectivity index (χ1v) is 9.18. The van der Waals surface area contributed by atoms with Crippen molar-refractivity contribution in [1.29, 1.82) is 0 Å². The molecule has 2 aliphatic rings. The zero-order valence-electron chi connectivity index (χ0n) is 16.1. The van der Waals surface area contributed by atoms with Gasteiger partial charge in [0.2, 0.25) is 0 Å². The third kappa shape index (κ3) is 7.10. The van der Waals surface area contributed by atoms with Crippen molar-refractivity contribution in [3.05, 3.63) is 0 Å². The van der Waals surface area contributed by atoms with E-state index in [-0.39, 0.29) is 24.8 Å². The van der Waals surface area contributed by atoms with Gasteiger partial charge in [0.1, 0.15) is 0 Å². The highest BCUT2D eigenvalue weighted by atomic mass is 35.5. The Morgan fingerprint density at radius 2 is 1.48 bits per heavy atom. The van der Waals surface area contributed by atoms with Crippen LogP contribution in [0.3, 0.4) is 0 Å². The monoisotopic (exact) mass is 366 g/mol. The van der Waals surface area contributed by atoms with Crippen LogP contribution in [0.4, 0.5) is 0 Å². The third-order valence-electron chi connectivity index (χ3n) is 6.27. The van der Waals surface area contributed by atoms with E-state index in [2.05, 4.69) is 44.7 Å². The second-order valence-corrected chi connectivity index (χ2v) is 9.14. The standard InChI is InChI=1S/C19H38N2.2ClH/c1-18(2,3)17-7-9-19(10-8-17)11-15-21(16-12-19)14-6-13-20(4)5;;/h17H,6-16H2,1-5H3;2*1H. The molecule has 0 N–H and O–H groups in total. The zero-order valence-corrected chi connectivity index (χ0v) is 17.7. The van der Waals surface area contributed by atoms with Crippen LogP contribution < -0.4 is 0 Å². The maximum Gasteiger partial charge on any atom is -0.000654 e. The quantitative estimate of drug-likeness (QED) is 0.682. The summed E-state index contributed by atoms with van der Waals surface area (Å²) in [5.74, 6) is 0.959. The summed E-state index contributed by atoms with van der Waals surface area (Å²) >= 11 is 0. The number of hydrogen-bond donors (Lipinski definition) is 0. The van der Waals surface area contributed by atoms with Crippen molar-refractivity contribution in [2.24, 2.45) is 16.7 Å². The molecule has 0 atom stereocenters. The van der Waals surface area contributed by atoms with E-state index in [9.17, 15) is 0 Å². The van der Waals surface area contributed by atoms with Crippen molar-refractivity contribution in [1.82, 2.24) is 9.80 Å². The fourth-order valence-corrected chi connectivity index (χ4v) is 4.46. The molecule has 1 spiro atoms. The van der Waals surface area contributed by atoms with E-state index in [0.29, 0.717) is 5.41 Å². The van der Waals surface area contributed by atoms with Gasteiger partial charge in [-0.25, -0.2) is 0 Å². The Balaban J connectivity index is 0.00000242. The van der Waals surface area contributed by atoms with Crippen molar-refractivity contribution in [3.63, 3.8) is 0 Å². The number of nitrogens with zero attached hydrogens (tertiary/aromatic N) is 2. The summed E-state index contributed by atoms with van der Waals surface area (Å²) in [5.41, 5.74) is 1.24. The van der Waals surface area contributed by atoms with Gasteiger partial charge in [0, 0.05) is 0 Å². The lowest BCUT2D eigenvalue weighted by Gasteiger charge is -2.48. The minimum atomic E-state index is 0. The maximum absolute atomic E-state index is 2.71. The van der Waals surface area contributed by atoms with E-state index in [1.165, 1.54) is 71.1 Å². The molecule has 0 aromatic rings. The van der Waals surface area contributed by atoms with Crippen molar-refractivity contribution < 1.29 is 0 Å². The minimum Gasteiger partial charge on any atom is -0.309 e. The van der Waals surface area contributed by atoms with Crippen LogP contribution in [0.5, 0.6) is 0 Å². The Bertz CT molecular complexity index is 308. The normalized spacial score (nSPS) is 22.7. The summed E-state index contributed by atoms with van der Waals surface area (Å²) in [7, 11) is 4.36. The van der Waals surface area contributed by atoms with Crippen LogP contribution in [0.15, 0.2) is 0 Å². The first-order chi connectivity index (χ1) is 9.81. The van der Waals surface area contributed by atoms with Gasteiger partial charge in [-0.15, -0.1) is 24.8 Å². The summed E-state index contributed by atoms with van der Waals surface area (Å²) in [5, 5.41) is 0. The molecule has 0 unspecified atom stereocenters. The van der Waals surface area contributed by atoms with Gasteiger partial charge >= 0.3 is 0 Å². The largest absolute Gasteiger partial charge is 0.309 e. The Labute approximate surface area is 157 Å². The van der Waals surface area contributed by atoms with Crippen LogP contribution in [0.25, 0.3) is 0 Å². The first-order valence-electron chi connectivity index (χ1n) is 9.18. The maximum atomic E-state index is 2.71. The van der Waals surface area contributed by atoms with Gasteiger partial charge in [0.15, 0.2) is 0 Å². The molecule has 1 aliphatic heterocycles. The number of piperidine rings is 1. The van der Waals surface area contributed by atoms with E-state index in [4.69, 9.17) is 0 Å². The Morgan fingerprint density at radius 3 is 1.91 bits per heavy atom. The van der Waals surface area contributed by atoms with Gasteiger partial charge in [-0.3, -0.25) is 0 Å². The molecule has 1 saturated heterocycles. The molecule has 4 heteroatoms. The summed E-state index contributed by atoms with van der Waals surface area (Å²) in [6.45, 7) is 12.5. The summed E-state index contributed by atoms with van der Waals surface area (Å²) in [6, 6.07) is 0. The highest BCUT2D eigenvalue weighted by Gasteiger charge is 2.40. The Morgan fingerprint density at radius 1 is 0.957 bits per heavy atom. The van der Waals surface area contributed by atoms with Crippen LogP contribution >= 0.6 is 24.8 Å². The topological polar surface area (TPSA) is 6.48 Å². The van der Waals surface area contributed by atoms with Gasteiger partial charge in [-0.05, 0) is 102 Å². The number of likely N-dealkylation sites (tertiary alicyclic amines) is 1. The van der Waals surface area contributed by atoms with E-state index in [1.807, 2.05) is 0 Å².